The Morgan fingerprint density at radius 2 is 1.80 bits per heavy atom. The highest BCUT2D eigenvalue weighted by molar-refractivity contribution is 9.11. The molecule has 0 radical (unpaired) electrons. The summed E-state index contributed by atoms with van der Waals surface area (Å²) >= 11 is 3.02. The maximum atomic E-state index is 12.7. The van der Waals surface area contributed by atoms with E-state index in [0.717, 1.165) is 12.8 Å². The average molecular weight is 339 g/mol. The Bertz CT molecular complexity index is 610. The Hall–Kier alpha value is -1.22. The summed E-state index contributed by atoms with van der Waals surface area (Å²) in [5.74, 6) is -0.112. The van der Waals surface area contributed by atoms with Gasteiger partial charge in [-0.15, -0.1) is 0 Å². The number of allylic oxidation sites excluding steroid dienone is 1. The highest BCUT2D eigenvalue weighted by Gasteiger charge is 2.15. The Balaban J connectivity index is 2.19. The van der Waals surface area contributed by atoms with E-state index in [1.807, 2.05) is 25.1 Å². The summed E-state index contributed by atoms with van der Waals surface area (Å²) in [6, 6.07) is 14.4. The zero-order valence-corrected chi connectivity index (χ0v) is 13.0. The van der Waals surface area contributed by atoms with Crippen LogP contribution in [0.15, 0.2) is 53.0 Å². The molecule has 0 spiro atoms. The van der Waals surface area contributed by atoms with E-state index in [1.54, 1.807) is 0 Å². The van der Waals surface area contributed by atoms with Crippen molar-refractivity contribution in [2.75, 3.05) is 0 Å². The van der Waals surface area contributed by atoms with Crippen LogP contribution in [-0.4, -0.2) is 0 Å². The molecule has 0 aromatic heterocycles. The highest BCUT2D eigenvalue weighted by atomic mass is 79.9. The fourth-order valence-corrected chi connectivity index (χ4v) is 3.06. The first kappa shape index (κ1) is 15.2. The van der Waals surface area contributed by atoms with E-state index in [-0.39, 0.29) is 10.4 Å². The van der Waals surface area contributed by atoms with Crippen LogP contribution >= 0.6 is 15.9 Å². The zero-order chi connectivity index (χ0) is 14.5. The molecule has 0 fully saturated rings. The van der Waals surface area contributed by atoms with Crippen molar-refractivity contribution in [3.63, 3.8) is 0 Å². The number of rotatable bonds is 5. The average Bonchev–Trinajstić information content (AvgIpc) is 2.47. The fraction of sp³-hybridized carbons (Fsp3) is 0.294. The van der Waals surface area contributed by atoms with Crippen molar-refractivity contribution in [2.24, 2.45) is 5.92 Å². The first-order chi connectivity index (χ1) is 9.63. The first-order valence-electron chi connectivity index (χ1n) is 6.80. The Morgan fingerprint density at radius 3 is 2.50 bits per heavy atom. The second-order valence-corrected chi connectivity index (χ2v) is 5.74. The Kier molecular flexibility index (Phi) is 5.30. The van der Waals surface area contributed by atoms with Gasteiger partial charge in [-0.05, 0) is 57.4 Å². The summed E-state index contributed by atoms with van der Waals surface area (Å²) in [6.45, 7) is 1.94. The molecule has 3 heteroatoms. The minimum atomic E-state index is -1.60. The lowest BCUT2D eigenvalue weighted by atomic mass is 9.94. The molecule has 0 saturated heterocycles. The highest BCUT2D eigenvalue weighted by Crippen LogP contribution is 2.31. The maximum absolute atomic E-state index is 12.7. The number of aryl methyl sites for hydroxylation is 1. The molecular weight excluding hydrogens is 322 g/mol. The third kappa shape index (κ3) is 3.45. The van der Waals surface area contributed by atoms with Crippen molar-refractivity contribution in [3.05, 3.63) is 58.6 Å². The molecule has 1 unspecified atom stereocenters. The van der Waals surface area contributed by atoms with Crippen LogP contribution < -0.4 is 0 Å². The smallest absolute Gasteiger partial charge is 0.172 e. The molecule has 2 rings (SSSR count). The van der Waals surface area contributed by atoms with Crippen molar-refractivity contribution < 1.29 is 8.78 Å². The predicted molar refractivity (Wildman–Crippen MR) is 84.2 cm³/mol. The van der Waals surface area contributed by atoms with E-state index in [2.05, 4.69) is 40.2 Å². The molecule has 0 nitrogen and oxygen atoms in total. The predicted octanol–water partition coefficient (Wildman–Crippen LogP) is 6.30. The molecule has 0 saturated carbocycles. The molecule has 0 N–H and O–H groups in total. The van der Waals surface area contributed by atoms with E-state index in [1.165, 1.54) is 16.3 Å². The van der Waals surface area contributed by atoms with Gasteiger partial charge >= 0.3 is 0 Å². The van der Waals surface area contributed by atoms with Crippen molar-refractivity contribution >= 4 is 26.7 Å². The van der Waals surface area contributed by atoms with E-state index in [0.29, 0.717) is 6.42 Å². The van der Waals surface area contributed by atoms with Gasteiger partial charge < -0.3 is 0 Å². The van der Waals surface area contributed by atoms with E-state index in [9.17, 15) is 8.78 Å². The number of benzene rings is 2. The second-order valence-electron chi connectivity index (χ2n) is 4.89. The fourth-order valence-electron chi connectivity index (χ4n) is 2.50. The lowest BCUT2D eigenvalue weighted by molar-refractivity contribution is 0.399. The SMILES string of the molecule is CCC(CCc1cccc2ccccc12)C(Br)=C(F)F. The number of fused-ring (bicyclic) bond motifs is 1. The molecule has 0 amide bonds. The minimum Gasteiger partial charge on any atom is -0.172 e. The van der Waals surface area contributed by atoms with Gasteiger partial charge in [0.1, 0.15) is 0 Å². The van der Waals surface area contributed by atoms with Crippen LogP contribution in [0.5, 0.6) is 0 Å². The molecule has 106 valence electrons. The molecule has 0 aliphatic rings. The van der Waals surface area contributed by atoms with Gasteiger partial charge in [0.25, 0.3) is 6.08 Å². The molecule has 0 aliphatic heterocycles. The van der Waals surface area contributed by atoms with E-state index < -0.39 is 6.08 Å². The normalized spacial score (nSPS) is 12.4. The summed E-state index contributed by atoms with van der Waals surface area (Å²) in [5.41, 5.74) is 1.22. The molecule has 0 heterocycles. The van der Waals surface area contributed by atoms with Crippen LogP contribution in [0.25, 0.3) is 10.8 Å². The molecule has 2 aromatic rings. The summed E-state index contributed by atoms with van der Waals surface area (Å²) in [7, 11) is 0. The van der Waals surface area contributed by atoms with Crippen LogP contribution in [0.2, 0.25) is 0 Å². The topological polar surface area (TPSA) is 0 Å². The van der Waals surface area contributed by atoms with Crippen LogP contribution in [0.3, 0.4) is 0 Å². The lowest BCUT2D eigenvalue weighted by Gasteiger charge is -2.14. The van der Waals surface area contributed by atoms with Crippen molar-refractivity contribution in [1.29, 1.82) is 0 Å². The lowest BCUT2D eigenvalue weighted by Crippen LogP contribution is -2.02. The van der Waals surface area contributed by atoms with E-state index >= 15 is 0 Å². The van der Waals surface area contributed by atoms with Gasteiger partial charge in [0.15, 0.2) is 0 Å². The summed E-state index contributed by atoms with van der Waals surface area (Å²) in [6.07, 6.45) is 0.641. The molecule has 2 aromatic carbocycles. The molecule has 0 aliphatic carbocycles. The summed E-state index contributed by atoms with van der Waals surface area (Å²) in [4.78, 5) is 0. The third-order valence-corrected chi connectivity index (χ3v) is 4.62. The summed E-state index contributed by atoms with van der Waals surface area (Å²) in [5, 5.41) is 2.41. The second kappa shape index (κ2) is 6.98. The minimum absolute atomic E-state index is 0.0558. The van der Waals surface area contributed by atoms with Gasteiger partial charge in [-0.25, -0.2) is 0 Å². The Labute approximate surface area is 126 Å². The zero-order valence-electron chi connectivity index (χ0n) is 11.4. The van der Waals surface area contributed by atoms with Crippen molar-refractivity contribution in [3.8, 4) is 0 Å². The molecule has 1 atom stereocenters. The molecule has 20 heavy (non-hydrogen) atoms. The Morgan fingerprint density at radius 1 is 1.10 bits per heavy atom. The maximum Gasteiger partial charge on any atom is 0.280 e. The molecular formula is C17H17BrF2. The summed E-state index contributed by atoms with van der Waals surface area (Å²) < 4.78 is 25.4. The van der Waals surface area contributed by atoms with Crippen molar-refractivity contribution in [1.82, 2.24) is 0 Å². The molecule has 0 bridgehead atoms. The number of hydrogen-bond acceptors (Lipinski definition) is 0. The van der Waals surface area contributed by atoms with E-state index in [4.69, 9.17) is 0 Å². The standard InChI is InChI=1S/C17H17BrF2/c1-2-12(16(18)17(19)20)10-11-14-8-5-7-13-6-3-4-9-15(13)14/h3-9,12H,2,10-11H2,1H3. The van der Waals surface area contributed by atoms with Crippen LogP contribution in [0.1, 0.15) is 25.3 Å². The van der Waals surface area contributed by atoms with Gasteiger partial charge in [-0.3, -0.25) is 0 Å². The van der Waals surface area contributed by atoms with Gasteiger partial charge in [0.05, 0.1) is 4.48 Å². The van der Waals surface area contributed by atoms with Gasteiger partial charge in [-0.2, -0.15) is 8.78 Å². The van der Waals surface area contributed by atoms with Gasteiger partial charge in [-0.1, -0.05) is 49.4 Å². The van der Waals surface area contributed by atoms with Crippen LogP contribution in [-0.2, 0) is 6.42 Å². The first-order valence-corrected chi connectivity index (χ1v) is 7.60. The number of halogens is 3. The van der Waals surface area contributed by atoms with Gasteiger partial charge in [0, 0.05) is 0 Å². The van der Waals surface area contributed by atoms with Crippen molar-refractivity contribution in [2.45, 2.75) is 26.2 Å². The quantitative estimate of drug-likeness (QED) is 0.599. The third-order valence-electron chi connectivity index (χ3n) is 3.67. The van der Waals surface area contributed by atoms with Gasteiger partial charge in [0.2, 0.25) is 0 Å². The number of hydrogen-bond donors (Lipinski definition) is 0. The monoisotopic (exact) mass is 338 g/mol. The van der Waals surface area contributed by atoms with Crippen LogP contribution in [0.4, 0.5) is 8.78 Å². The largest absolute Gasteiger partial charge is 0.280 e. The van der Waals surface area contributed by atoms with Crippen LogP contribution in [0, 0.1) is 5.92 Å².